The molecule has 0 aromatic rings. The Balaban J connectivity index is 0. The Morgan fingerprint density at radius 1 is 1.69 bits per heavy atom. The predicted octanol–water partition coefficient (Wildman–Crippen LogP) is 1.07. The molecule has 1 atom stereocenters. The summed E-state index contributed by atoms with van der Waals surface area (Å²) in [6, 6.07) is 0. The average Bonchev–Trinajstić information content (AvgIpc) is 2.17. The molecular weight excluding hydrogens is 166 g/mol. The highest BCUT2D eigenvalue weighted by atomic mass is 16.3. The first-order chi connectivity index (χ1) is 6.13. The second-order valence-electron chi connectivity index (χ2n) is 2.57. The minimum absolute atomic E-state index is 0.0369. The molecule has 0 spiro atoms. The molecule has 0 aliphatic rings. The highest BCUT2D eigenvalue weighted by molar-refractivity contribution is 5.92. The first-order valence-corrected chi connectivity index (χ1v) is 4.47. The van der Waals surface area contributed by atoms with Gasteiger partial charge in [-0.15, -0.1) is 0 Å². The van der Waals surface area contributed by atoms with Crippen LogP contribution in [0.4, 0.5) is 0 Å². The molecule has 0 aromatic carbocycles. The van der Waals surface area contributed by atoms with Gasteiger partial charge in [0.05, 0.1) is 0 Å². The van der Waals surface area contributed by atoms with Crippen LogP contribution in [-0.4, -0.2) is 23.5 Å². The summed E-state index contributed by atoms with van der Waals surface area (Å²) >= 11 is 0. The summed E-state index contributed by atoms with van der Waals surface area (Å²) in [5.41, 5.74) is 4.93. The van der Waals surface area contributed by atoms with E-state index in [2.05, 4.69) is 20.4 Å². The van der Waals surface area contributed by atoms with Gasteiger partial charge in [0, 0.05) is 6.54 Å². The van der Waals surface area contributed by atoms with Crippen molar-refractivity contribution in [3.63, 3.8) is 0 Å². The summed E-state index contributed by atoms with van der Waals surface area (Å²) in [4.78, 5) is 10.3. The number of ketones is 1. The summed E-state index contributed by atoms with van der Waals surface area (Å²) in [6.07, 6.45) is 3.64. The van der Waals surface area contributed by atoms with Crippen LogP contribution in [0.2, 0.25) is 0 Å². The number of hydrogen-bond acceptors (Lipinski definition) is 3. The van der Waals surface area contributed by atoms with Gasteiger partial charge in [-0.3, -0.25) is 4.79 Å². The molecule has 13 heavy (non-hydrogen) atoms. The van der Waals surface area contributed by atoms with Gasteiger partial charge in [-0.2, -0.15) is 0 Å². The van der Waals surface area contributed by atoms with Crippen LogP contribution in [0.5, 0.6) is 0 Å². The molecule has 0 amide bonds. The SMILES string of the molecule is C=CC(=O)C(O)CN.[CH2]CCCC. The molecule has 3 heteroatoms. The number of rotatable bonds is 5. The third-order valence-corrected chi connectivity index (χ3v) is 1.36. The van der Waals surface area contributed by atoms with E-state index in [1.807, 2.05) is 0 Å². The lowest BCUT2D eigenvalue weighted by atomic mass is 10.2. The van der Waals surface area contributed by atoms with E-state index in [-0.39, 0.29) is 6.54 Å². The summed E-state index contributed by atoms with van der Waals surface area (Å²) in [7, 11) is 0. The molecule has 0 heterocycles. The van der Waals surface area contributed by atoms with Gasteiger partial charge in [-0.25, -0.2) is 0 Å². The zero-order chi connectivity index (χ0) is 10.7. The Morgan fingerprint density at radius 3 is 2.31 bits per heavy atom. The van der Waals surface area contributed by atoms with E-state index in [1.54, 1.807) is 0 Å². The van der Waals surface area contributed by atoms with Crippen molar-refractivity contribution in [3.8, 4) is 0 Å². The monoisotopic (exact) mass is 186 g/mol. The zero-order valence-corrected chi connectivity index (χ0v) is 8.33. The lowest BCUT2D eigenvalue weighted by molar-refractivity contribution is -0.121. The van der Waals surface area contributed by atoms with Crippen LogP contribution in [0, 0.1) is 6.92 Å². The van der Waals surface area contributed by atoms with Crippen molar-refractivity contribution < 1.29 is 9.90 Å². The number of carbonyl (C=O) groups is 1. The topological polar surface area (TPSA) is 63.3 Å². The van der Waals surface area contributed by atoms with Gasteiger partial charge in [0.2, 0.25) is 0 Å². The van der Waals surface area contributed by atoms with Crippen molar-refractivity contribution in [1.29, 1.82) is 0 Å². The lowest BCUT2D eigenvalue weighted by Crippen LogP contribution is -2.27. The fraction of sp³-hybridized carbons (Fsp3) is 0.600. The normalized spacial score (nSPS) is 11.1. The Morgan fingerprint density at radius 2 is 2.23 bits per heavy atom. The minimum Gasteiger partial charge on any atom is -0.384 e. The summed E-state index contributed by atoms with van der Waals surface area (Å²) in [6.45, 7) is 8.97. The van der Waals surface area contributed by atoms with Crippen LogP contribution >= 0.6 is 0 Å². The molecule has 0 saturated carbocycles. The van der Waals surface area contributed by atoms with E-state index >= 15 is 0 Å². The van der Waals surface area contributed by atoms with Gasteiger partial charge in [0.1, 0.15) is 6.10 Å². The highest BCUT2D eigenvalue weighted by Crippen LogP contribution is 1.87. The molecule has 77 valence electrons. The Kier molecular flexibility index (Phi) is 12.9. The van der Waals surface area contributed by atoms with E-state index in [4.69, 9.17) is 10.8 Å². The van der Waals surface area contributed by atoms with Crippen LogP contribution in [0.25, 0.3) is 0 Å². The molecule has 0 aromatic heterocycles. The second kappa shape index (κ2) is 11.3. The minimum atomic E-state index is -1.06. The van der Waals surface area contributed by atoms with Gasteiger partial charge in [-0.05, 0) is 6.08 Å². The summed E-state index contributed by atoms with van der Waals surface area (Å²) < 4.78 is 0. The Bertz CT molecular complexity index is 133. The van der Waals surface area contributed by atoms with Crippen LogP contribution in [0.15, 0.2) is 12.7 Å². The molecule has 0 aliphatic heterocycles. The molecule has 0 saturated heterocycles. The number of aliphatic hydroxyl groups is 1. The van der Waals surface area contributed by atoms with E-state index in [1.165, 1.54) is 12.8 Å². The second-order valence-corrected chi connectivity index (χ2v) is 2.57. The van der Waals surface area contributed by atoms with Gasteiger partial charge in [0.25, 0.3) is 0 Å². The first-order valence-electron chi connectivity index (χ1n) is 4.47. The van der Waals surface area contributed by atoms with Crippen molar-refractivity contribution in [2.75, 3.05) is 6.54 Å². The third-order valence-electron chi connectivity index (χ3n) is 1.36. The molecule has 0 aliphatic carbocycles. The highest BCUT2D eigenvalue weighted by Gasteiger charge is 2.06. The smallest absolute Gasteiger partial charge is 0.184 e. The molecule has 3 nitrogen and oxygen atoms in total. The summed E-state index contributed by atoms with van der Waals surface area (Å²) in [5.74, 6) is -0.424. The number of unbranched alkanes of at least 4 members (excludes halogenated alkanes) is 2. The average molecular weight is 186 g/mol. The van der Waals surface area contributed by atoms with E-state index < -0.39 is 11.9 Å². The Hall–Kier alpha value is -0.670. The molecule has 0 fully saturated rings. The number of nitrogens with two attached hydrogens (primary N) is 1. The quantitative estimate of drug-likeness (QED) is 0.631. The van der Waals surface area contributed by atoms with Gasteiger partial charge < -0.3 is 10.8 Å². The fourth-order valence-corrected chi connectivity index (χ4v) is 0.502. The van der Waals surface area contributed by atoms with Gasteiger partial charge in [-0.1, -0.05) is 39.7 Å². The van der Waals surface area contributed by atoms with Crippen molar-refractivity contribution in [2.45, 2.75) is 32.3 Å². The zero-order valence-electron chi connectivity index (χ0n) is 8.33. The number of hydrogen-bond donors (Lipinski definition) is 2. The van der Waals surface area contributed by atoms with Crippen molar-refractivity contribution in [3.05, 3.63) is 19.6 Å². The van der Waals surface area contributed by atoms with Crippen molar-refractivity contribution in [1.82, 2.24) is 0 Å². The van der Waals surface area contributed by atoms with Gasteiger partial charge >= 0.3 is 0 Å². The number of aliphatic hydroxyl groups excluding tert-OH is 1. The van der Waals surface area contributed by atoms with E-state index in [0.717, 1.165) is 12.5 Å². The van der Waals surface area contributed by atoms with Crippen LogP contribution in [0.1, 0.15) is 26.2 Å². The molecule has 0 bridgehead atoms. The first kappa shape index (κ1) is 14.8. The van der Waals surface area contributed by atoms with E-state index in [9.17, 15) is 4.79 Å². The molecule has 3 N–H and O–H groups in total. The number of carbonyl (C=O) groups excluding carboxylic acids is 1. The van der Waals surface area contributed by atoms with Crippen LogP contribution in [-0.2, 0) is 4.79 Å². The Labute approximate surface area is 80.6 Å². The summed E-state index contributed by atoms with van der Waals surface area (Å²) in [5, 5.41) is 8.58. The molecule has 0 rings (SSSR count). The fourth-order valence-electron chi connectivity index (χ4n) is 0.502. The molecule has 1 radical (unpaired) electrons. The maximum Gasteiger partial charge on any atom is 0.184 e. The molecular formula is C10H20NO2. The van der Waals surface area contributed by atoms with Crippen LogP contribution < -0.4 is 5.73 Å². The van der Waals surface area contributed by atoms with Crippen molar-refractivity contribution >= 4 is 5.78 Å². The largest absolute Gasteiger partial charge is 0.384 e. The van der Waals surface area contributed by atoms with E-state index in [0.29, 0.717) is 0 Å². The van der Waals surface area contributed by atoms with Gasteiger partial charge in [0.15, 0.2) is 5.78 Å². The maximum absolute atomic E-state index is 10.3. The predicted molar refractivity (Wildman–Crippen MR) is 55.1 cm³/mol. The van der Waals surface area contributed by atoms with Crippen molar-refractivity contribution in [2.24, 2.45) is 5.73 Å². The maximum atomic E-state index is 10.3. The van der Waals surface area contributed by atoms with Crippen LogP contribution in [0.3, 0.4) is 0 Å². The molecule has 1 unspecified atom stereocenters. The third kappa shape index (κ3) is 11.3. The standard InChI is InChI=1S/C5H9NO2.C5H11/c1-2-4(7)5(8)3-6;1-3-5-4-2/h2,5,8H,1,3,6H2;1,3-5H2,2H3. The lowest BCUT2D eigenvalue weighted by Gasteiger charge is -1.98.